The Bertz CT molecular complexity index is 164. The maximum absolute atomic E-state index is 5.89. The van der Waals surface area contributed by atoms with E-state index in [2.05, 4.69) is 17.1 Å². The maximum Gasteiger partial charge on any atom is 0.00824 e. The molecule has 0 radical (unpaired) electrons. The lowest BCUT2D eigenvalue weighted by molar-refractivity contribution is 0.406. The summed E-state index contributed by atoms with van der Waals surface area (Å²) in [6.07, 6.45) is 6.54. The van der Waals surface area contributed by atoms with Crippen LogP contribution in [0.5, 0.6) is 0 Å². The van der Waals surface area contributed by atoms with Gasteiger partial charge < -0.3 is 11.1 Å². The smallest absolute Gasteiger partial charge is 0.00824 e. The molecular formula is C11H22N2S. The minimum atomic E-state index is 0.467. The standard InChI is InChI=1S/C11H22N2S/c12-10-1-2-11(7-10)13-8-9-3-5-14-6-4-9/h9-11,13H,1-8,12H2. The Morgan fingerprint density at radius 2 is 1.93 bits per heavy atom. The average molecular weight is 214 g/mol. The second-order valence-electron chi connectivity index (χ2n) is 4.73. The number of nitrogens with one attached hydrogen (secondary N) is 1. The Morgan fingerprint density at radius 1 is 1.14 bits per heavy atom. The van der Waals surface area contributed by atoms with Crippen molar-refractivity contribution in [2.24, 2.45) is 11.7 Å². The highest BCUT2D eigenvalue weighted by atomic mass is 32.2. The molecule has 2 rings (SSSR count). The molecule has 2 aliphatic rings. The van der Waals surface area contributed by atoms with Crippen LogP contribution in [0.15, 0.2) is 0 Å². The summed E-state index contributed by atoms with van der Waals surface area (Å²) in [7, 11) is 0. The number of thioether (sulfide) groups is 1. The zero-order valence-electron chi connectivity index (χ0n) is 8.87. The molecule has 2 nitrogen and oxygen atoms in total. The largest absolute Gasteiger partial charge is 0.328 e. The van der Waals surface area contributed by atoms with Crippen LogP contribution in [0.25, 0.3) is 0 Å². The molecule has 1 aliphatic heterocycles. The predicted molar refractivity (Wildman–Crippen MR) is 63.7 cm³/mol. The summed E-state index contributed by atoms with van der Waals surface area (Å²) in [6.45, 7) is 1.23. The van der Waals surface area contributed by atoms with Crippen molar-refractivity contribution in [2.75, 3.05) is 18.1 Å². The van der Waals surface area contributed by atoms with E-state index in [-0.39, 0.29) is 0 Å². The first-order valence-electron chi connectivity index (χ1n) is 5.91. The lowest BCUT2D eigenvalue weighted by atomic mass is 10.0. The molecule has 0 bridgehead atoms. The number of nitrogens with two attached hydrogens (primary N) is 1. The van der Waals surface area contributed by atoms with Gasteiger partial charge in [0.15, 0.2) is 0 Å². The van der Waals surface area contributed by atoms with Gasteiger partial charge in [-0.15, -0.1) is 0 Å². The fraction of sp³-hybridized carbons (Fsp3) is 1.00. The van der Waals surface area contributed by atoms with Crippen LogP contribution in [0, 0.1) is 5.92 Å². The minimum absolute atomic E-state index is 0.467. The van der Waals surface area contributed by atoms with Crippen molar-refractivity contribution in [3.63, 3.8) is 0 Å². The molecular weight excluding hydrogens is 192 g/mol. The Kier molecular flexibility index (Phi) is 4.14. The van der Waals surface area contributed by atoms with Gasteiger partial charge in [-0.3, -0.25) is 0 Å². The third-order valence-corrected chi connectivity index (χ3v) is 4.56. The molecule has 2 fully saturated rings. The van der Waals surface area contributed by atoms with Crippen LogP contribution in [0.3, 0.4) is 0 Å². The van der Waals surface area contributed by atoms with Crippen molar-refractivity contribution < 1.29 is 0 Å². The molecule has 14 heavy (non-hydrogen) atoms. The first kappa shape index (κ1) is 10.8. The zero-order valence-corrected chi connectivity index (χ0v) is 9.69. The topological polar surface area (TPSA) is 38.0 Å². The molecule has 0 aromatic carbocycles. The average Bonchev–Trinajstić information content (AvgIpc) is 2.63. The normalized spacial score (nSPS) is 34.9. The van der Waals surface area contributed by atoms with Gasteiger partial charge in [-0.2, -0.15) is 11.8 Å². The number of hydrogen-bond donors (Lipinski definition) is 2. The Morgan fingerprint density at radius 3 is 2.57 bits per heavy atom. The molecule has 82 valence electrons. The van der Waals surface area contributed by atoms with Gasteiger partial charge >= 0.3 is 0 Å². The van der Waals surface area contributed by atoms with E-state index in [1.807, 2.05) is 0 Å². The van der Waals surface area contributed by atoms with E-state index >= 15 is 0 Å². The van der Waals surface area contributed by atoms with Gasteiger partial charge in [0.25, 0.3) is 0 Å². The summed E-state index contributed by atoms with van der Waals surface area (Å²) in [5.41, 5.74) is 5.89. The van der Waals surface area contributed by atoms with Crippen LogP contribution in [0.4, 0.5) is 0 Å². The van der Waals surface area contributed by atoms with E-state index in [1.165, 1.54) is 50.2 Å². The summed E-state index contributed by atoms with van der Waals surface area (Å²) in [5.74, 6) is 3.68. The van der Waals surface area contributed by atoms with Crippen LogP contribution >= 0.6 is 11.8 Å². The van der Waals surface area contributed by atoms with Crippen LogP contribution < -0.4 is 11.1 Å². The minimum Gasteiger partial charge on any atom is -0.328 e. The number of rotatable bonds is 3. The van der Waals surface area contributed by atoms with Crippen molar-refractivity contribution in [3.05, 3.63) is 0 Å². The third-order valence-electron chi connectivity index (χ3n) is 3.51. The fourth-order valence-corrected chi connectivity index (χ4v) is 3.69. The molecule has 2 atom stereocenters. The van der Waals surface area contributed by atoms with Crippen molar-refractivity contribution >= 4 is 11.8 Å². The Labute approximate surface area is 91.4 Å². The highest BCUT2D eigenvalue weighted by molar-refractivity contribution is 7.99. The molecule has 1 saturated heterocycles. The lowest BCUT2D eigenvalue weighted by Gasteiger charge is -2.23. The predicted octanol–water partition coefficient (Wildman–Crippen LogP) is 1.60. The molecule has 0 aromatic rings. The van der Waals surface area contributed by atoms with Crippen LogP contribution in [0.2, 0.25) is 0 Å². The Hall–Kier alpha value is 0.270. The van der Waals surface area contributed by atoms with Gasteiger partial charge in [-0.05, 0) is 56.1 Å². The zero-order chi connectivity index (χ0) is 9.80. The lowest BCUT2D eigenvalue weighted by Crippen LogP contribution is -2.33. The van der Waals surface area contributed by atoms with Gasteiger partial charge in [-0.25, -0.2) is 0 Å². The van der Waals surface area contributed by atoms with E-state index in [9.17, 15) is 0 Å². The molecule has 3 N–H and O–H groups in total. The van der Waals surface area contributed by atoms with Gasteiger partial charge in [0.2, 0.25) is 0 Å². The first-order chi connectivity index (χ1) is 6.84. The SMILES string of the molecule is NC1CCC(NCC2CCSCC2)C1. The van der Waals surface area contributed by atoms with E-state index < -0.39 is 0 Å². The van der Waals surface area contributed by atoms with Gasteiger partial charge in [-0.1, -0.05) is 0 Å². The summed E-state index contributed by atoms with van der Waals surface area (Å²) in [4.78, 5) is 0. The fourth-order valence-electron chi connectivity index (χ4n) is 2.49. The molecule has 1 saturated carbocycles. The van der Waals surface area contributed by atoms with Gasteiger partial charge in [0.05, 0.1) is 0 Å². The van der Waals surface area contributed by atoms with Gasteiger partial charge in [0.1, 0.15) is 0 Å². The quantitative estimate of drug-likeness (QED) is 0.749. The second-order valence-corrected chi connectivity index (χ2v) is 5.96. The van der Waals surface area contributed by atoms with Crippen LogP contribution in [0.1, 0.15) is 32.1 Å². The molecule has 0 spiro atoms. The summed E-state index contributed by atoms with van der Waals surface area (Å²) in [5, 5.41) is 3.69. The third kappa shape index (κ3) is 3.14. The summed E-state index contributed by atoms with van der Waals surface area (Å²) < 4.78 is 0. The summed E-state index contributed by atoms with van der Waals surface area (Å²) >= 11 is 2.11. The van der Waals surface area contributed by atoms with Crippen molar-refractivity contribution in [2.45, 2.75) is 44.2 Å². The second kappa shape index (κ2) is 5.38. The Balaban J connectivity index is 1.61. The van der Waals surface area contributed by atoms with Crippen molar-refractivity contribution in [1.82, 2.24) is 5.32 Å². The highest BCUT2D eigenvalue weighted by Crippen LogP contribution is 2.23. The van der Waals surface area contributed by atoms with Crippen molar-refractivity contribution in [1.29, 1.82) is 0 Å². The highest BCUT2D eigenvalue weighted by Gasteiger charge is 2.22. The monoisotopic (exact) mass is 214 g/mol. The molecule has 3 heteroatoms. The van der Waals surface area contributed by atoms with Gasteiger partial charge in [0, 0.05) is 12.1 Å². The molecule has 2 unspecified atom stereocenters. The number of hydrogen-bond acceptors (Lipinski definition) is 3. The van der Waals surface area contributed by atoms with Crippen LogP contribution in [-0.2, 0) is 0 Å². The summed E-state index contributed by atoms with van der Waals surface area (Å²) in [6, 6.07) is 1.19. The first-order valence-corrected chi connectivity index (χ1v) is 7.07. The van der Waals surface area contributed by atoms with E-state index in [0.717, 1.165) is 12.0 Å². The maximum atomic E-state index is 5.89. The van der Waals surface area contributed by atoms with E-state index in [0.29, 0.717) is 6.04 Å². The van der Waals surface area contributed by atoms with E-state index in [1.54, 1.807) is 0 Å². The molecule has 0 amide bonds. The molecule has 0 aromatic heterocycles. The molecule has 1 aliphatic carbocycles. The van der Waals surface area contributed by atoms with Crippen LogP contribution in [-0.4, -0.2) is 30.1 Å². The van der Waals surface area contributed by atoms with Crippen molar-refractivity contribution in [3.8, 4) is 0 Å². The van der Waals surface area contributed by atoms with E-state index in [4.69, 9.17) is 5.73 Å². The molecule has 1 heterocycles.